The second-order valence-electron chi connectivity index (χ2n) is 3.49. The van der Waals surface area contributed by atoms with Gasteiger partial charge in [-0.05, 0) is 18.1 Å². The highest BCUT2D eigenvalue weighted by atomic mass is 19.1. The molecule has 4 nitrogen and oxygen atoms in total. The number of hydrogen-bond donors (Lipinski definition) is 1. The Morgan fingerprint density at radius 3 is 2.65 bits per heavy atom. The number of halogens is 2. The maximum atomic E-state index is 13.6. The number of rotatable bonds is 3. The van der Waals surface area contributed by atoms with Crippen molar-refractivity contribution in [3.05, 3.63) is 35.2 Å². The molecule has 0 aliphatic heterocycles. The molecule has 0 amide bonds. The second kappa shape index (κ2) is 4.58. The molecule has 6 heteroatoms. The van der Waals surface area contributed by atoms with E-state index in [4.69, 9.17) is 10.3 Å². The van der Waals surface area contributed by atoms with E-state index in [1.54, 1.807) is 6.92 Å². The minimum absolute atomic E-state index is 0.0798. The summed E-state index contributed by atoms with van der Waals surface area (Å²) in [5, 5.41) is 3.59. The number of aryl methyl sites for hydroxylation is 1. The predicted octanol–water partition coefficient (Wildman–Crippen LogP) is 2.04. The fraction of sp³-hybridized carbons (Fsp3) is 0.273. The summed E-state index contributed by atoms with van der Waals surface area (Å²) in [5.74, 6) is -1.00. The SMILES string of the molecule is CCc1cc(-c2noc(CN)n2)c(F)cc1F. The first-order valence-corrected chi connectivity index (χ1v) is 5.16. The number of hydrogen-bond acceptors (Lipinski definition) is 4. The Kier molecular flexibility index (Phi) is 3.14. The van der Waals surface area contributed by atoms with Crippen LogP contribution in [0.1, 0.15) is 18.4 Å². The van der Waals surface area contributed by atoms with Crippen molar-refractivity contribution in [1.29, 1.82) is 0 Å². The maximum absolute atomic E-state index is 13.6. The monoisotopic (exact) mass is 239 g/mol. The van der Waals surface area contributed by atoms with E-state index in [-0.39, 0.29) is 23.8 Å². The van der Waals surface area contributed by atoms with E-state index >= 15 is 0 Å². The summed E-state index contributed by atoms with van der Waals surface area (Å²) in [6.45, 7) is 1.86. The van der Waals surface area contributed by atoms with Crippen LogP contribution < -0.4 is 5.73 Å². The van der Waals surface area contributed by atoms with Crippen LogP contribution in [-0.2, 0) is 13.0 Å². The van der Waals surface area contributed by atoms with Crippen LogP contribution in [-0.4, -0.2) is 10.1 Å². The summed E-state index contributed by atoms with van der Waals surface area (Å²) >= 11 is 0. The number of aromatic nitrogens is 2. The third kappa shape index (κ3) is 2.16. The Morgan fingerprint density at radius 2 is 2.06 bits per heavy atom. The molecule has 0 atom stereocenters. The Labute approximate surface area is 96.4 Å². The predicted molar refractivity (Wildman–Crippen MR) is 56.9 cm³/mol. The average molecular weight is 239 g/mol. The molecule has 0 fully saturated rings. The molecule has 0 saturated carbocycles. The van der Waals surface area contributed by atoms with Crippen molar-refractivity contribution in [2.24, 2.45) is 5.73 Å². The number of nitrogens with zero attached hydrogens (tertiary/aromatic N) is 2. The number of nitrogens with two attached hydrogens (primary N) is 1. The smallest absolute Gasteiger partial charge is 0.240 e. The lowest BCUT2D eigenvalue weighted by atomic mass is 10.1. The van der Waals surface area contributed by atoms with Crippen LogP contribution in [0.4, 0.5) is 8.78 Å². The van der Waals surface area contributed by atoms with Crippen molar-refractivity contribution < 1.29 is 13.3 Å². The van der Waals surface area contributed by atoms with Gasteiger partial charge in [-0.1, -0.05) is 12.1 Å². The highest BCUT2D eigenvalue weighted by Crippen LogP contribution is 2.23. The third-order valence-electron chi connectivity index (χ3n) is 2.40. The van der Waals surface area contributed by atoms with Crippen molar-refractivity contribution in [3.63, 3.8) is 0 Å². The summed E-state index contributed by atoms with van der Waals surface area (Å²) in [5.41, 5.74) is 5.83. The summed E-state index contributed by atoms with van der Waals surface area (Å²) < 4.78 is 31.6. The molecule has 1 aromatic heterocycles. The minimum Gasteiger partial charge on any atom is -0.338 e. The van der Waals surface area contributed by atoms with E-state index < -0.39 is 11.6 Å². The highest BCUT2D eigenvalue weighted by Gasteiger charge is 2.15. The molecule has 1 aromatic carbocycles. The number of benzene rings is 1. The van der Waals surface area contributed by atoms with Crippen LogP contribution in [0, 0.1) is 11.6 Å². The van der Waals surface area contributed by atoms with Gasteiger partial charge >= 0.3 is 0 Å². The van der Waals surface area contributed by atoms with Gasteiger partial charge in [0.25, 0.3) is 0 Å². The molecular weight excluding hydrogens is 228 g/mol. The Bertz CT molecular complexity index is 540. The zero-order valence-electron chi connectivity index (χ0n) is 9.20. The van der Waals surface area contributed by atoms with E-state index in [0.29, 0.717) is 12.0 Å². The van der Waals surface area contributed by atoms with Crippen LogP contribution >= 0.6 is 0 Å². The molecule has 0 bridgehead atoms. The highest BCUT2D eigenvalue weighted by molar-refractivity contribution is 5.56. The molecule has 2 aromatic rings. The van der Waals surface area contributed by atoms with Gasteiger partial charge in [0.05, 0.1) is 12.1 Å². The lowest BCUT2D eigenvalue weighted by Gasteiger charge is -2.03. The molecule has 0 radical (unpaired) electrons. The fourth-order valence-electron chi connectivity index (χ4n) is 1.48. The van der Waals surface area contributed by atoms with Gasteiger partial charge in [-0.25, -0.2) is 8.78 Å². The second-order valence-corrected chi connectivity index (χ2v) is 3.49. The van der Waals surface area contributed by atoms with Gasteiger partial charge < -0.3 is 10.3 Å². The first-order chi connectivity index (χ1) is 8.15. The first-order valence-electron chi connectivity index (χ1n) is 5.16. The molecule has 0 unspecified atom stereocenters. The third-order valence-corrected chi connectivity index (χ3v) is 2.40. The normalized spacial score (nSPS) is 10.8. The van der Waals surface area contributed by atoms with Crippen LogP contribution in [0.2, 0.25) is 0 Å². The van der Waals surface area contributed by atoms with E-state index in [2.05, 4.69) is 10.1 Å². The Balaban J connectivity index is 2.50. The average Bonchev–Trinajstić information content (AvgIpc) is 2.78. The van der Waals surface area contributed by atoms with E-state index in [0.717, 1.165) is 6.07 Å². The first kappa shape index (κ1) is 11.7. The Hall–Kier alpha value is -1.82. The van der Waals surface area contributed by atoms with Crippen molar-refractivity contribution in [3.8, 4) is 11.4 Å². The van der Waals surface area contributed by atoms with Crippen LogP contribution in [0.3, 0.4) is 0 Å². The summed E-state index contributed by atoms with van der Waals surface area (Å²) in [6, 6.07) is 2.21. The summed E-state index contributed by atoms with van der Waals surface area (Å²) in [7, 11) is 0. The van der Waals surface area contributed by atoms with Crippen LogP contribution in [0.15, 0.2) is 16.7 Å². The minimum atomic E-state index is -0.718. The molecule has 2 rings (SSSR count). The fourth-order valence-corrected chi connectivity index (χ4v) is 1.48. The van der Waals surface area contributed by atoms with E-state index in [1.165, 1.54) is 6.07 Å². The van der Waals surface area contributed by atoms with Gasteiger partial charge in [-0.15, -0.1) is 0 Å². The molecule has 0 aliphatic carbocycles. The van der Waals surface area contributed by atoms with Crippen molar-refractivity contribution in [2.45, 2.75) is 19.9 Å². The molecule has 2 N–H and O–H groups in total. The zero-order valence-corrected chi connectivity index (χ0v) is 9.20. The summed E-state index contributed by atoms with van der Waals surface area (Å²) in [6.07, 6.45) is 0.459. The van der Waals surface area contributed by atoms with Crippen molar-refractivity contribution in [1.82, 2.24) is 10.1 Å². The molecule has 0 aliphatic rings. The van der Waals surface area contributed by atoms with E-state index in [1.807, 2.05) is 0 Å². The molecular formula is C11H11F2N3O. The Morgan fingerprint density at radius 1 is 1.29 bits per heavy atom. The molecule has 90 valence electrons. The van der Waals surface area contributed by atoms with Gasteiger partial charge in [0.1, 0.15) is 11.6 Å². The largest absolute Gasteiger partial charge is 0.338 e. The quantitative estimate of drug-likeness (QED) is 0.890. The van der Waals surface area contributed by atoms with E-state index in [9.17, 15) is 8.78 Å². The van der Waals surface area contributed by atoms with Gasteiger partial charge in [-0.3, -0.25) is 0 Å². The van der Waals surface area contributed by atoms with Gasteiger partial charge in [0, 0.05) is 6.07 Å². The lowest BCUT2D eigenvalue weighted by molar-refractivity contribution is 0.380. The van der Waals surface area contributed by atoms with Crippen molar-refractivity contribution >= 4 is 0 Å². The topological polar surface area (TPSA) is 64.9 Å². The lowest BCUT2D eigenvalue weighted by Crippen LogP contribution is -1.97. The standard InChI is InChI=1S/C11H11F2N3O/c1-2-6-3-7(9(13)4-8(6)12)11-15-10(5-14)17-16-11/h3-4H,2,5,14H2,1H3. The van der Waals surface area contributed by atoms with Crippen molar-refractivity contribution in [2.75, 3.05) is 0 Å². The maximum Gasteiger partial charge on any atom is 0.240 e. The van der Waals surface area contributed by atoms with Gasteiger partial charge in [0.2, 0.25) is 11.7 Å². The zero-order chi connectivity index (χ0) is 12.4. The van der Waals surface area contributed by atoms with Gasteiger partial charge in [-0.2, -0.15) is 4.98 Å². The molecule has 0 spiro atoms. The van der Waals surface area contributed by atoms with Crippen LogP contribution in [0.5, 0.6) is 0 Å². The molecule has 17 heavy (non-hydrogen) atoms. The summed E-state index contributed by atoms with van der Waals surface area (Å²) in [4.78, 5) is 3.90. The molecule has 1 heterocycles. The van der Waals surface area contributed by atoms with Crippen LogP contribution in [0.25, 0.3) is 11.4 Å². The van der Waals surface area contributed by atoms with Gasteiger partial charge in [0.15, 0.2) is 0 Å². The molecule has 0 saturated heterocycles.